The number of halogens is 6. The third-order valence-electron chi connectivity index (χ3n) is 0. The Kier molecular flexibility index (Phi) is 1.54. The van der Waals surface area contributed by atoms with Crippen LogP contribution in [-0.2, 0) is 5.69 Å². The van der Waals surface area contributed by atoms with E-state index < -0.39 is 5.69 Å². The topological polar surface area (TPSA) is 26.0 Å². The molecule has 0 aromatic rings. The summed E-state index contributed by atoms with van der Waals surface area (Å²) in [5.41, 5.74) is -6.42. The number of hydrogen-bond acceptors (Lipinski definition) is 1. The molecule has 0 aromatic heterocycles. The van der Waals surface area contributed by atoms with E-state index in [2.05, 4.69) is 0 Å². The Hall–Kier alpha value is 2.34. The second-order valence-electron chi connectivity index (χ2n) is 1.22. The van der Waals surface area contributed by atoms with Gasteiger partial charge in [-0.15, -0.1) is 0 Å². The first-order valence-electron chi connectivity index (χ1n) is 1.01. The van der Waals surface area contributed by atoms with E-state index in [1.165, 1.54) is 0 Å². The monoisotopic (exact) mass is 418 g/mol. The van der Waals surface area contributed by atoms with Crippen molar-refractivity contribution in [3.05, 3.63) is 0 Å². The third-order valence-corrected chi connectivity index (χ3v) is 0. The average molecular weight is 419 g/mol. The molecule has 0 amide bonds. The van der Waals surface area contributed by atoms with Gasteiger partial charge in [-0.05, 0) is 0 Å². The Bertz CT molecular complexity index is 101. The van der Waals surface area contributed by atoms with E-state index in [0.29, 0.717) is 0 Å². The van der Waals surface area contributed by atoms with Crippen molar-refractivity contribution in [1.82, 2.24) is 0 Å². The van der Waals surface area contributed by atoms with Gasteiger partial charge in [-0.2, -0.15) is 0 Å². The van der Waals surface area contributed by atoms with Crippen LogP contribution in [0, 0.1) is 0 Å². The third kappa shape index (κ3) is 82.2. The summed E-state index contributed by atoms with van der Waals surface area (Å²) in [5, 5.41) is 0. The van der Waals surface area contributed by atoms with Gasteiger partial charge in [0.15, 0.2) is 0 Å². The number of nitrogens with two attached hydrogens (primary N) is 1. The normalized spacial score (nSPS) is 27.1. The van der Waals surface area contributed by atoms with Crippen molar-refractivity contribution in [1.29, 1.82) is 0 Å². The van der Waals surface area contributed by atoms with Gasteiger partial charge in [0.1, 0.15) is 0 Å². The van der Waals surface area contributed by atoms with Crippen LogP contribution in [0.3, 0.4) is 0 Å². The Labute approximate surface area is 67.2 Å². The predicted octanol–water partition coefficient (Wildman–Crippen LogP) is 3.54. The van der Waals surface area contributed by atoms with Crippen molar-refractivity contribution in [3.63, 3.8) is 0 Å². The summed E-state index contributed by atoms with van der Waals surface area (Å²) in [6.07, 6.45) is 0. The molecule has 0 bridgehead atoms. The van der Waals surface area contributed by atoms with E-state index in [4.69, 9.17) is 62.3 Å². The first-order valence-corrected chi connectivity index (χ1v) is 21.4. The summed E-state index contributed by atoms with van der Waals surface area (Å²) >= 11 is 0. The molecule has 8 heavy (non-hydrogen) atoms. The maximum absolute atomic E-state index is 6.42. The predicted molar refractivity (Wildman–Crippen MR) is 39.3 cm³/mol. The molecular formula is H2Cl6NOs. The van der Waals surface area contributed by atoms with Crippen molar-refractivity contribution >= 4 is 57.8 Å². The second-order valence-corrected chi connectivity index (χ2v) is 67.2. The molecule has 0 heterocycles. The van der Waals surface area contributed by atoms with Crippen LogP contribution in [0.15, 0.2) is 0 Å². The van der Waals surface area contributed by atoms with Gasteiger partial charge in [-0.3, -0.25) is 0 Å². The first-order chi connectivity index (χ1) is 2.65. The molecule has 2 N–H and O–H groups in total. The molecule has 0 aliphatic heterocycles. The molecule has 0 unspecified atom stereocenters. The minimum atomic E-state index is -6.42. The molecule has 57 valence electrons. The number of rotatable bonds is 0. The van der Waals surface area contributed by atoms with Crippen LogP contribution >= 0.6 is 57.8 Å². The summed E-state index contributed by atoms with van der Waals surface area (Å²) in [5.74, 6) is 0. The molecule has 0 fully saturated rings. The molecule has 0 radical (unpaired) electrons. The van der Waals surface area contributed by atoms with Gasteiger partial charge in [-0.1, -0.05) is 0 Å². The molecule has 0 aromatic carbocycles. The zero-order valence-corrected chi connectivity index (χ0v) is 10.3. The average Bonchev–Trinajstić information content (AvgIpc) is 0.544. The Morgan fingerprint density at radius 2 is 0.750 bits per heavy atom. The Morgan fingerprint density at radius 1 is 0.750 bits per heavy atom. The quantitative estimate of drug-likeness (QED) is 0.639. The zero-order valence-electron chi connectivity index (χ0n) is 3.20. The number of hydrogen-bond donors (Lipinski definition) is 1. The van der Waals surface area contributed by atoms with Crippen molar-refractivity contribution in [2.75, 3.05) is 0 Å². The van der Waals surface area contributed by atoms with Crippen LogP contribution < -0.4 is 4.44 Å². The second kappa shape index (κ2) is 1.19. The molecule has 1 nitrogen and oxygen atoms in total. The van der Waals surface area contributed by atoms with Crippen LogP contribution in [0.1, 0.15) is 0 Å². The van der Waals surface area contributed by atoms with Gasteiger partial charge in [-0.25, -0.2) is 0 Å². The summed E-state index contributed by atoms with van der Waals surface area (Å²) in [4.78, 5) is 0. The zero-order chi connectivity index (χ0) is 7.38. The van der Waals surface area contributed by atoms with E-state index >= 15 is 0 Å². The van der Waals surface area contributed by atoms with E-state index in [1.54, 1.807) is 0 Å². The van der Waals surface area contributed by atoms with E-state index in [-0.39, 0.29) is 0 Å². The SMILES string of the molecule is [NH2][Os]([Cl])([Cl])([Cl])([Cl])([Cl])[Cl]. The Morgan fingerprint density at radius 3 is 0.750 bits per heavy atom. The van der Waals surface area contributed by atoms with Crippen LogP contribution in [0.2, 0.25) is 0 Å². The molecule has 0 aliphatic carbocycles. The summed E-state index contributed by atoms with van der Waals surface area (Å²) in [7, 11) is 30.5. The van der Waals surface area contributed by atoms with E-state index in [0.717, 1.165) is 0 Å². The summed E-state index contributed by atoms with van der Waals surface area (Å²) in [6.45, 7) is 0. The van der Waals surface area contributed by atoms with Gasteiger partial charge < -0.3 is 0 Å². The van der Waals surface area contributed by atoms with E-state index in [9.17, 15) is 0 Å². The maximum atomic E-state index is 5.08. The summed E-state index contributed by atoms with van der Waals surface area (Å²) in [6, 6.07) is 0. The fraction of sp³-hybridized carbons (Fsp3) is 0. The molecule has 0 atom stereocenters. The molecule has 0 rings (SSSR count). The van der Waals surface area contributed by atoms with Crippen LogP contribution in [-0.4, -0.2) is 0 Å². The van der Waals surface area contributed by atoms with E-state index in [1.807, 2.05) is 0 Å². The summed E-state index contributed by atoms with van der Waals surface area (Å²) < 4.78 is 4.86. The molecule has 0 spiro atoms. The van der Waals surface area contributed by atoms with Crippen LogP contribution in [0.5, 0.6) is 0 Å². The molecule has 0 aliphatic rings. The molecule has 0 saturated carbocycles. The first kappa shape index (κ1) is 10.3. The van der Waals surface area contributed by atoms with Crippen molar-refractivity contribution < 1.29 is 5.69 Å². The molecule has 8 heteroatoms. The standard InChI is InChI=1S/6ClH.H2N.Os/h6*1H;1H2;/q;;;;;;-1;+7/p-6. The molecular weight excluding hydrogens is 417 g/mol. The van der Waals surface area contributed by atoms with Crippen molar-refractivity contribution in [3.8, 4) is 0 Å². The van der Waals surface area contributed by atoms with Gasteiger partial charge in [0, 0.05) is 0 Å². The fourth-order valence-corrected chi connectivity index (χ4v) is 0. The van der Waals surface area contributed by atoms with Gasteiger partial charge in [0.25, 0.3) is 0 Å². The van der Waals surface area contributed by atoms with Crippen molar-refractivity contribution in [2.45, 2.75) is 0 Å². The van der Waals surface area contributed by atoms with Crippen LogP contribution in [0.4, 0.5) is 0 Å². The van der Waals surface area contributed by atoms with Gasteiger partial charge >= 0.3 is 68.0 Å². The van der Waals surface area contributed by atoms with Gasteiger partial charge in [0.05, 0.1) is 0 Å². The Balaban J connectivity index is 5.14. The fourth-order valence-electron chi connectivity index (χ4n) is 0. The van der Waals surface area contributed by atoms with Crippen molar-refractivity contribution in [2.24, 2.45) is 4.44 Å². The van der Waals surface area contributed by atoms with Crippen LogP contribution in [0.25, 0.3) is 0 Å². The molecule has 0 saturated heterocycles. The minimum absolute atomic E-state index is 4.86. The van der Waals surface area contributed by atoms with Gasteiger partial charge in [0.2, 0.25) is 0 Å².